The van der Waals surface area contributed by atoms with Crippen LogP contribution in [0.1, 0.15) is 38.9 Å². The van der Waals surface area contributed by atoms with E-state index in [1.54, 1.807) is 31.3 Å². The van der Waals surface area contributed by atoms with Crippen molar-refractivity contribution in [3.05, 3.63) is 70.9 Å². The number of aromatic nitrogens is 1. The van der Waals surface area contributed by atoms with Crippen molar-refractivity contribution in [2.45, 2.75) is 20.3 Å². The zero-order chi connectivity index (χ0) is 18.7. The van der Waals surface area contributed by atoms with Gasteiger partial charge in [-0.15, -0.1) is 0 Å². The van der Waals surface area contributed by atoms with Crippen LogP contribution in [0.4, 0.5) is 0 Å². The number of carbonyl (C=O) groups is 2. The Morgan fingerprint density at radius 1 is 1.12 bits per heavy atom. The van der Waals surface area contributed by atoms with E-state index < -0.39 is 5.97 Å². The second-order valence-electron chi connectivity index (χ2n) is 5.93. The van der Waals surface area contributed by atoms with E-state index in [2.05, 4.69) is 10.3 Å². The van der Waals surface area contributed by atoms with E-state index >= 15 is 0 Å². The Hall–Kier alpha value is -3.21. The molecule has 5 nitrogen and oxygen atoms in total. The number of benzene rings is 2. The second kappa shape index (κ2) is 7.35. The minimum Gasteiger partial charge on any atom is -0.423 e. The average molecular weight is 348 g/mol. The number of carbonyl (C=O) groups excluding carboxylic acids is 2. The summed E-state index contributed by atoms with van der Waals surface area (Å²) in [6.45, 7) is 3.89. The smallest absolute Gasteiger partial charge is 0.344 e. The lowest BCUT2D eigenvalue weighted by Gasteiger charge is -2.13. The van der Waals surface area contributed by atoms with E-state index in [4.69, 9.17) is 4.74 Å². The first-order valence-corrected chi connectivity index (χ1v) is 8.47. The highest BCUT2D eigenvalue weighted by Gasteiger charge is 2.19. The Morgan fingerprint density at radius 2 is 1.88 bits per heavy atom. The third-order valence-electron chi connectivity index (χ3n) is 4.31. The Bertz CT molecular complexity index is 996. The predicted molar refractivity (Wildman–Crippen MR) is 101 cm³/mol. The molecule has 0 aliphatic heterocycles. The molecule has 3 aromatic rings. The number of ether oxygens (including phenoxy) is 1. The fourth-order valence-electron chi connectivity index (χ4n) is 2.97. The average Bonchev–Trinajstić information content (AvgIpc) is 2.66. The maximum Gasteiger partial charge on any atom is 0.344 e. The van der Waals surface area contributed by atoms with Gasteiger partial charge in [0.2, 0.25) is 0 Å². The number of nitrogens with one attached hydrogen (secondary N) is 1. The number of amides is 1. The zero-order valence-corrected chi connectivity index (χ0v) is 15.0. The topological polar surface area (TPSA) is 68.3 Å². The fraction of sp³-hybridized carbons (Fsp3) is 0.190. The van der Waals surface area contributed by atoms with E-state index in [0.29, 0.717) is 16.9 Å². The van der Waals surface area contributed by atoms with Gasteiger partial charge in [0, 0.05) is 23.7 Å². The maximum absolute atomic E-state index is 12.9. The van der Waals surface area contributed by atoms with Crippen LogP contribution in [0, 0.1) is 6.92 Å². The van der Waals surface area contributed by atoms with Crippen molar-refractivity contribution >= 4 is 22.8 Å². The molecule has 1 N–H and O–H groups in total. The third-order valence-corrected chi connectivity index (χ3v) is 4.31. The standard InChI is InChI=1S/C21H20N2O3/c1-4-17-13(2)19(16-10-5-6-11-18(16)23-17)21(25)26-15-9-7-8-14(12-15)20(24)22-3/h5-12H,4H2,1-3H3,(H,22,24). The molecule has 0 saturated heterocycles. The maximum atomic E-state index is 12.9. The second-order valence-corrected chi connectivity index (χ2v) is 5.93. The van der Waals surface area contributed by atoms with Gasteiger partial charge in [-0.1, -0.05) is 31.2 Å². The summed E-state index contributed by atoms with van der Waals surface area (Å²) >= 11 is 0. The normalized spacial score (nSPS) is 10.6. The highest BCUT2D eigenvalue weighted by atomic mass is 16.5. The Balaban J connectivity index is 2.03. The molecule has 1 amide bonds. The minimum atomic E-state index is -0.454. The van der Waals surface area contributed by atoms with Crippen LogP contribution in [-0.4, -0.2) is 23.9 Å². The summed E-state index contributed by atoms with van der Waals surface area (Å²) in [5, 5.41) is 3.31. The molecule has 0 aliphatic rings. The largest absolute Gasteiger partial charge is 0.423 e. The van der Waals surface area contributed by atoms with Crippen LogP contribution >= 0.6 is 0 Å². The first-order chi connectivity index (χ1) is 12.5. The minimum absolute atomic E-state index is 0.235. The predicted octanol–water partition coefficient (Wildman–Crippen LogP) is 3.68. The number of pyridine rings is 1. The van der Waals surface area contributed by atoms with Gasteiger partial charge in [0.1, 0.15) is 5.75 Å². The van der Waals surface area contributed by atoms with Gasteiger partial charge in [-0.05, 0) is 43.2 Å². The molecule has 0 saturated carbocycles. The molecule has 2 aromatic carbocycles. The number of fused-ring (bicyclic) bond motifs is 1. The molecule has 0 radical (unpaired) electrons. The number of hydrogen-bond acceptors (Lipinski definition) is 4. The number of nitrogens with zero attached hydrogens (tertiary/aromatic N) is 1. The molecule has 0 aliphatic carbocycles. The van der Waals surface area contributed by atoms with Gasteiger partial charge >= 0.3 is 5.97 Å². The first kappa shape index (κ1) is 17.6. The molecular formula is C21H20N2O3. The first-order valence-electron chi connectivity index (χ1n) is 8.47. The lowest BCUT2D eigenvalue weighted by molar-refractivity contribution is 0.0734. The molecule has 1 aromatic heterocycles. The highest BCUT2D eigenvalue weighted by Crippen LogP contribution is 2.25. The lowest BCUT2D eigenvalue weighted by Crippen LogP contribution is -2.18. The van der Waals surface area contributed by atoms with Crippen LogP contribution in [0.2, 0.25) is 0 Å². The van der Waals surface area contributed by atoms with Crippen molar-refractivity contribution in [1.29, 1.82) is 0 Å². The molecule has 5 heteroatoms. The molecule has 132 valence electrons. The van der Waals surface area contributed by atoms with Crippen molar-refractivity contribution in [2.24, 2.45) is 0 Å². The van der Waals surface area contributed by atoms with Gasteiger partial charge in [-0.25, -0.2) is 4.79 Å². The molecule has 0 bridgehead atoms. The summed E-state index contributed by atoms with van der Waals surface area (Å²) in [6, 6.07) is 14.1. The summed E-state index contributed by atoms with van der Waals surface area (Å²) in [4.78, 5) is 29.3. The summed E-state index contributed by atoms with van der Waals surface area (Å²) in [5.74, 6) is -0.360. The number of para-hydroxylation sites is 1. The van der Waals surface area contributed by atoms with Crippen LogP contribution in [0.3, 0.4) is 0 Å². The highest BCUT2D eigenvalue weighted by molar-refractivity contribution is 6.06. The van der Waals surface area contributed by atoms with E-state index in [0.717, 1.165) is 28.6 Å². The Kier molecular flexibility index (Phi) is 4.98. The summed E-state index contributed by atoms with van der Waals surface area (Å²) in [6.07, 6.45) is 0.725. The van der Waals surface area contributed by atoms with Crippen molar-refractivity contribution in [2.75, 3.05) is 7.05 Å². The Morgan fingerprint density at radius 3 is 2.62 bits per heavy atom. The number of esters is 1. The number of hydrogen-bond donors (Lipinski definition) is 1. The third kappa shape index (κ3) is 3.28. The van der Waals surface area contributed by atoms with Crippen molar-refractivity contribution < 1.29 is 14.3 Å². The van der Waals surface area contributed by atoms with Crippen LogP contribution < -0.4 is 10.1 Å². The van der Waals surface area contributed by atoms with Gasteiger partial charge in [0.15, 0.2) is 0 Å². The molecule has 0 spiro atoms. The fourth-order valence-corrected chi connectivity index (χ4v) is 2.97. The molecule has 0 fully saturated rings. The van der Waals surface area contributed by atoms with E-state index in [9.17, 15) is 9.59 Å². The van der Waals surface area contributed by atoms with Crippen LogP contribution in [0.15, 0.2) is 48.5 Å². The molecular weight excluding hydrogens is 328 g/mol. The van der Waals surface area contributed by atoms with Crippen LogP contribution in [0.25, 0.3) is 10.9 Å². The van der Waals surface area contributed by atoms with Gasteiger partial charge in [-0.2, -0.15) is 0 Å². The lowest BCUT2D eigenvalue weighted by atomic mass is 10.0. The van der Waals surface area contributed by atoms with Gasteiger partial charge in [0.25, 0.3) is 5.91 Å². The van der Waals surface area contributed by atoms with Gasteiger partial charge < -0.3 is 10.1 Å². The molecule has 3 rings (SSSR count). The Labute approximate surface area is 152 Å². The monoisotopic (exact) mass is 348 g/mol. The van der Waals surface area contributed by atoms with Crippen molar-refractivity contribution in [3.63, 3.8) is 0 Å². The van der Waals surface area contributed by atoms with E-state index in [-0.39, 0.29) is 5.91 Å². The molecule has 1 heterocycles. The number of aryl methyl sites for hydroxylation is 1. The zero-order valence-electron chi connectivity index (χ0n) is 15.0. The van der Waals surface area contributed by atoms with Crippen molar-refractivity contribution in [1.82, 2.24) is 10.3 Å². The number of rotatable bonds is 4. The summed E-state index contributed by atoms with van der Waals surface area (Å²) < 4.78 is 5.58. The van der Waals surface area contributed by atoms with E-state index in [1.165, 1.54) is 0 Å². The van der Waals surface area contributed by atoms with Crippen molar-refractivity contribution in [3.8, 4) is 5.75 Å². The van der Waals surface area contributed by atoms with Crippen LogP contribution in [-0.2, 0) is 6.42 Å². The van der Waals surface area contributed by atoms with Gasteiger partial charge in [-0.3, -0.25) is 9.78 Å². The van der Waals surface area contributed by atoms with Crippen LogP contribution in [0.5, 0.6) is 5.75 Å². The quantitative estimate of drug-likeness (QED) is 0.577. The molecule has 26 heavy (non-hydrogen) atoms. The SMILES string of the molecule is CCc1nc2ccccc2c(C(=O)Oc2cccc(C(=O)NC)c2)c1C. The summed E-state index contributed by atoms with van der Waals surface area (Å²) in [7, 11) is 1.56. The van der Waals surface area contributed by atoms with Gasteiger partial charge in [0.05, 0.1) is 11.1 Å². The molecule has 0 atom stereocenters. The molecule has 0 unspecified atom stereocenters. The van der Waals surface area contributed by atoms with E-state index in [1.807, 2.05) is 38.1 Å². The summed E-state index contributed by atoms with van der Waals surface area (Å²) in [5.41, 5.74) is 3.40.